The minimum absolute atomic E-state index is 0.159. The molecule has 0 radical (unpaired) electrons. The summed E-state index contributed by atoms with van der Waals surface area (Å²) in [6.07, 6.45) is 0. The average molecular weight is 292 g/mol. The van der Waals surface area contributed by atoms with Gasteiger partial charge < -0.3 is 4.42 Å². The van der Waals surface area contributed by atoms with Crippen molar-refractivity contribution in [1.82, 2.24) is 10.2 Å². The highest BCUT2D eigenvalue weighted by Gasteiger charge is 2.11. The maximum Gasteiger partial charge on any atom is 0.248 e. The zero-order valence-corrected chi connectivity index (χ0v) is 9.72. The Balaban J connectivity index is 2.44. The Morgan fingerprint density at radius 3 is 2.80 bits per heavy atom. The van der Waals surface area contributed by atoms with Gasteiger partial charge >= 0.3 is 0 Å². The van der Waals surface area contributed by atoms with Crippen LogP contribution in [-0.4, -0.2) is 10.2 Å². The Kier molecular flexibility index (Phi) is 3.02. The van der Waals surface area contributed by atoms with E-state index >= 15 is 0 Å². The van der Waals surface area contributed by atoms with Gasteiger partial charge in [0.15, 0.2) is 0 Å². The minimum Gasteiger partial charge on any atom is -0.419 e. The van der Waals surface area contributed by atoms with Crippen LogP contribution in [0.25, 0.3) is 11.5 Å². The first-order chi connectivity index (χ1) is 7.20. The molecule has 1 aromatic heterocycles. The van der Waals surface area contributed by atoms with E-state index in [0.717, 1.165) is 0 Å². The molecule has 0 aliphatic carbocycles. The normalized spacial score (nSPS) is 10.6. The monoisotopic (exact) mass is 290 g/mol. The number of hydrogen-bond acceptors (Lipinski definition) is 3. The van der Waals surface area contributed by atoms with Crippen LogP contribution in [0.5, 0.6) is 0 Å². The lowest BCUT2D eigenvalue weighted by Crippen LogP contribution is -1.82. The number of nitrogens with zero attached hydrogens (tertiary/aromatic N) is 2. The van der Waals surface area contributed by atoms with Gasteiger partial charge in [0.2, 0.25) is 11.8 Å². The molecule has 6 heteroatoms. The summed E-state index contributed by atoms with van der Waals surface area (Å²) in [5.74, 6) is 0.481. The van der Waals surface area contributed by atoms with Crippen LogP contribution >= 0.6 is 27.5 Å². The molecule has 0 amide bonds. The van der Waals surface area contributed by atoms with E-state index < -0.39 is 0 Å². The summed E-state index contributed by atoms with van der Waals surface area (Å²) in [5, 5.41) is 7.51. The van der Waals surface area contributed by atoms with Gasteiger partial charge in [0.1, 0.15) is 11.7 Å². The molecule has 2 aromatic rings. The SMILES string of the molecule is Fc1ccc(-c2nnc(CCl)o2)c(Br)c1. The van der Waals surface area contributed by atoms with Crippen molar-refractivity contribution < 1.29 is 8.81 Å². The first-order valence-corrected chi connectivity index (χ1v) is 5.37. The van der Waals surface area contributed by atoms with Crippen molar-refractivity contribution in [2.45, 2.75) is 5.88 Å². The van der Waals surface area contributed by atoms with Gasteiger partial charge in [-0.2, -0.15) is 0 Å². The number of rotatable bonds is 2. The van der Waals surface area contributed by atoms with Crippen molar-refractivity contribution in [3.8, 4) is 11.5 Å². The summed E-state index contributed by atoms with van der Waals surface area (Å²) in [6, 6.07) is 4.22. The van der Waals surface area contributed by atoms with E-state index in [4.69, 9.17) is 16.0 Å². The highest BCUT2D eigenvalue weighted by molar-refractivity contribution is 9.10. The number of benzene rings is 1. The fraction of sp³-hybridized carbons (Fsp3) is 0.111. The van der Waals surface area contributed by atoms with E-state index in [-0.39, 0.29) is 11.7 Å². The number of halogens is 3. The van der Waals surface area contributed by atoms with Gasteiger partial charge in [-0.25, -0.2) is 4.39 Å². The van der Waals surface area contributed by atoms with Gasteiger partial charge in [-0.05, 0) is 34.1 Å². The predicted molar refractivity (Wildman–Crippen MR) is 56.9 cm³/mol. The molecule has 0 saturated heterocycles. The van der Waals surface area contributed by atoms with Crippen molar-refractivity contribution >= 4 is 27.5 Å². The van der Waals surface area contributed by atoms with Gasteiger partial charge in [0, 0.05) is 4.47 Å². The Bertz CT molecular complexity index is 489. The summed E-state index contributed by atoms with van der Waals surface area (Å²) in [7, 11) is 0. The van der Waals surface area contributed by atoms with E-state index in [1.165, 1.54) is 12.1 Å². The van der Waals surface area contributed by atoms with E-state index in [0.29, 0.717) is 21.8 Å². The maximum atomic E-state index is 12.8. The molecule has 1 aromatic carbocycles. The first kappa shape index (κ1) is 10.6. The van der Waals surface area contributed by atoms with Gasteiger partial charge in [-0.15, -0.1) is 21.8 Å². The van der Waals surface area contributed by atoms with Gasteiger partial charge in [0.25, 0.3) is 0 Å². The predicted octanol–water partition coefficient (Wildman–Crippen LogP) is 3.38. The van der Waals surface area contributed by atoms with E-state index in [1.54, 1.807) is 6.07 Å². The summed E-state index contributed by atoms with van der Waals surface area (Å²) in [6.45, 7) is 0. The summed E-state index contributed by atoms with van der Waals surface area (Å²) in [4.78, 5) is 0. The first-order valence-electron chi connectivity index (χ1n) is 4.04. The summed E-state index contributed by atoms with van der Waals surface area (Å²) in [5.41, 5.74) is 0.639. The highest BCUT2D eigenvalue weighted by Crippen LogP contribution is 2.27. The second-order valence-corrected chi connectivity index (χ2v) is 3.88. The molecule has 0 bridgehead atoms. The second-order valence-electron chi connectivity index (χ2n) is 2.76. The Labute approximate surface area is 98.4 Å². The minimum atomic E-state index is -0.331. The molecular formula is C9H5BrClFN2O. The second kappa shape index (κ2) is 4.28. The van der Waals surface area contributed by atoms with Crippen molar-refractivity contribution in [2.75, 3.05) is 0 Å². The molecule has 1 heterocycles. The highest BCUT2D eigenvalue weighted by atomic mass is 79.9. The van der Waals surface area contributed by atoms with Crippen LogP contribution in [0.4, 0.5) is 4.39 Å². The molecule has 0 aliphatic rings. The molecule has 15 heavy (non-hydrogen) atoms. The van der Waals surface area contributed by atoms with Crippen molar-refractivity contribution in [1.29, 1.82) is 0 Å². The zero-order chi connectivity index (χ0) is 10.8. The Morgan fingerprint density at radius 1 is 1.40 bits per heavy atom. The number of aromatic nitrogens is 2. The van der Waals surface area contributed by atoms with Crippen LogP contribution in [0.3, 0.4) is 0 Å². The molecule has 0 saturated carbocycles. The standard InChI is InChI=1S/C9H5BrClFN2O/c10-7-3-5(12)1-2-6(7)9-14-13-8(4-11)15-9/h1-3H,4H2. The molecule has 0 aliphatic heterocycles. The third-order valence-corrected chi connectivity index (χ3v) is 2.63. The van der Waals surface area contributed by atoms with E-state index in [9.17, 15) is 4.39 Å². The zero-order valence-electron chi connectivity index (χ0n) is 7.38. The quantitative estimate of drug-likeness (QED) is 0.796. The smallest absolute Gasteiger partial charge is 0.248 e. The fourth-order valence-corrected chi connectivity index (χ4v) is 1.71. The van der Waals surface area contributed by atoms with Crippen LogP contribution in [0.2, 0.25) is 0 Å². The summed E-state index contributed by atoms with van der Waals surface area (Å²) >= 11 is 8.74. The van der Waals surface area contributed by atoms with E-state index in [2.05, 4.69) is 26.1 Å². The lowest BCUT2D eigenvalue weighted by Gasteiger charge is -1.98. The molecule has 0 fully saturated rings. The van der Waals surface area contributed by atoms with Gasteiger partial charge in [0.05, 0.1) is 5.56 Å². The van der Waals surface area contributed by atoms with Crippen LogP contribution in [0.15, 0.2) is 27.1 Å². The third-order valence-electron chi connectivity index (χ3n) is 1.74. The van der Waals surface area contributed by atoms with Crippen molar-refractivity contribution in [3.05, 3.63) is 34.4 Å². The van der Waals surface area contributed by atoms with Gasteiger partial charge in [-0.3, -0.25) is 0 Å². The molecule has 0 N–H and O–H groups in total. The lowest BCUT2D eigenvalue weighted by molar-refractivity contribution is 0.527. The van der Waals surface area contributed by atoms with Crippen molar-refractivity contribution in [3.63, 3.8) is 0 Å². The molecule has 2 rings (SSSR count). The fourth-order valence-electron chi connectivity index (χ4n) is 1.08. The molecule has 3 nitrogen and oxygen atoms in total. The van der Waals surface area contributed by atoms with Crippen LogP contribution in [-0.2, 0) is 5.88 Å². The largest absolute Gasteiger partial charge is 0.419 e. The molecule has 78 valence electrons. The number of hydrogen-bond donors (Lipinski definition) is 0. The third kappa shape index (κ3) is 2.18. The summed E-state index contributed by atoms with van der Waals surface area (Å²) < 4.78 is 18.6. The maximum absolute atomic E-state index is 12.8. The average Bonchev–Trinajstić information content (AvgIpc) is 2.66. The van der Waals surface area contributed by atoms with Crippen LogP contribution < -0.4 is 0 Å². The molecular weight excluding hydrogens is 286 g/mol. The Hall–Kier alpha value is -0.940. The van der Waals surface area contributed by atoms with Crippen molar-refractivity contribution in [2.24, 2.45) is 0 Å². The van der Waals surface area contributed by atoms with Crippen LogP contribution in [0.1, 0.15) is 5.89 Å². The Morgan fingerprint density at radius 2 is 2.20 bits per heavy atom. The topological polar surface area (TPSA) is 38.9 Å². The van der Waals surface area contributed by atoms with E-state index in [1.807, 2.05) is 0 Å². The van der Waals surface area contributed by atoms with Crippen LogP contribution in [0, 0.1) is 5.82 Å². The molecule has 0 unspecified atom stereocenters. The number of alkyl halides is 1. The lowest BCUT2D eigenvalue weighted by atomic mass is 10.2. The van der Waals surface area contributed by atoms with Gasteiger partial charge in [-0.1, -0.05) is 0 Å². The molecule has 0 atom stereocenters. The molecule has 0 spiro atoms.